The van der Waals surface area contributed by atoms with Crippen molar-refractivity contribution in [1.29, 1.82) is 0 Å². The Morgan fingerprint density at radius 2 is 1.60 bits per heavy atom. The summed E-state index contributed by atoms with van der Waals surface area (Å²) in [4.78, 5) is 75.6. The van der Waals surface area contributed by atoms with Gasteiger partial charge in [-0.2, -0.15) is 0 Å². The van der Waals surface area contributed by atoms with Crippen LogP contribution in [-0.2, 0) is 49.8 Å². The number of aliphatic imine (C=N–C) groups is 1. The van der Waals surface area contributed by atoms with Gasteiger partial charge >= 0.3 is 0 Å². The van der Waals surface area contributed by atoms with Crippen molar-refractivity contribution in [2.45, 2.75) is 102 Å². The predicted molar refractivity (Wildman–Crippen MR) is 238 cm³/mol. The maximum absolute atomic E-state index is 14.2. The molecule has 11 N–H and O–H groups in total. The first kappa shape index (κ1) is 45.4. The van der Waals surface area contributed by atoms with Gasteiger partial charge in [-0.15, -0.1) is 0 Å². The van der Waals surface area contributed by atoms with E-state index in [4.69, 9.17) is 17.2 Å². The highest BCUT2D eigenvalue weighted by molar-refractivity contribution is 5.95. The molecule has 3 aliphatic heterocycles. The van der Waals surface area contributed by atoms with E-state index in [1.54, 1.807) is 17.0 Å². The van der Waals surface area contributed by atoms with E-state index < -0.39 is 47.8 Å². The van der Waals surface area contributed by atoms with Crippen molar-refractivity contribution in [2.75, 3.05) is 38.0 Å². The molecule has 3 aliphatic rings. The van der Waals surface area contributed by atoms with Crippen LogP contribution in [0.4, 0.5) is 5.69 Å². The molecule has 1 saturated heterocycles. The summed E-state index contributed by atoms with van der Waals surface area (Å²) < 4.78 is 0. The number of amides is 5. The number of guanidine groups is 1. The van der Waals surface area contributed by atoms with Gasteiger partial charge in [0.2, 0.25) is 29.5 Å². The van der Waals surface area contributed by atoms with Gasteiger partial charge in [0.25, 0.3) is 0 Å². The number of carbonyl (C=O) groups is 5. The Hall–Kier alpha value is -6.16. The summed E-state index contributed by atoms with van der Waals surface area (Å²) in [6.45, 7) is 5.14. The van der Waals surface area contributed by atoms with E-state index >= 15 is 0 Å². The van der Waals surface area contributed by atoms with Crippen LogP contribution in [-0.4, -0.2) is 107 Å². The third kappa shape index (κ3) is 12.7. The Bertz CT molecular complexity index is 2090. The third-order valence-electron chi connectivity index (χ3n) is 12.2. The van der Waals surface area contributed by atoms with Crippen molar-refractivity contribution in [1.82, 2.24) is 25.8 Å². The average Bonchev–Trinajstić information content (AvgIpc) is 3.63. The van der Waals surface area contributed by atoms with Gasteiger partial charge in [-0.25, -0.2) is 0 Å². The minimum absolute atomic E-state index is 0.0380. The van der Waals surface area contributed by atoms with Crippen molar-refractivity contribution in [3.05, 3.63) is 94.5 Å². The van der Waals surface area contributed by atoms with Crippen molar-refractivity contribution in [3.8, 4) is 5.75 Å². The van der Waals surface area contributed by atoms with Crippen molar-refractivity contribution in [2.24, 2.45) is 28.1 Å². The van der Waals surface area contributed by atoms with Gasteiger partial charge in [-0.05, 0) is 111 Å². The first-order valence-corrected chi connectivity index (χ1v) is 21.8. The number of likely N-dealkylation sites (tertiary alicyclic amines) is 1. The van der Waals surface area contributed by atoms with E-state index in [0.717, 1.165) is 61.2 Å². The minimum atomic E-state index is -1.03. The maximum Gasteiger partial charge on any atom is 0.245 e. The van der Waals surface area contributed by atoms with Crippen LogP contribution in [0.5, 0.6) is 5.75 Å². The van der Waals surface area contributed by atoms with Gasteiger partial charge in [0, 0.05) is 50.7 Å². The molecule has 3 heterocycles. The Labute approximate surface area is 363 Å². The largest absolute Gasteiger partial charge is 0.508 e. The van der Waals surface area contributed by atoms with Crippen molar-refractivity contribution < 1.29 is 29.1 Å². The van der Waals surface area contributed by atoms with E-state index in [-0.39, 0.29) is 56.5 Å². The maximum atomic E-state index is 14.2. The van der Waals surface area contributed by atoms with Gasteiger partial charge in [0.15, 0.2) is 5.96 Å². The fourth-order valence-electron chi connectivity index (χ4n) is 8.81. The molecule has 16 heteroatoms. The molecule has 5 amide bonds. The number of carbonyl (C=O) groups excluding carboxylic acids is 5. The Morgan fingerprint density at radius 3 is 2.32 bits per heavy atom. The molecule has 0 radical (unpaired) electrons. The van der Waals surface area contributed by atoms with Gasteiger partial charge in [0.05, 0.1) is 0 Å². The summed E-state index contributed by atoms with van der Waals surface area (Å²) in [6, 6.07) is 17.8. The van der Waals surface area contributed by atoms with Gasteiger partial charge in [0.1, 0.15) is 29.9 Å². The van der Waals surface area contributed by atoms with Crippen LogP contribution in [0.2, 0.25) is 0 Å². The summed E-state index contributed by atoms with van der Waals surface area (Å²) in [5, 5.41) is 21.8. The molecule has 2 unspecified atom stereocenters. The monoisotopic (exact) mass is 850 g/mol. The van der Waals surface area contributed by atoms with Crippen LogP contribution in [0.15, 0.2) is 71.7 Å². The number of aromatic hydroxyl groups is 1. The minimum Gasteiger partial charge on any atom is -0.508 e. The van der Waals surface area contributed by atoms with Crippen molar-refractivity contribution >= 4 is 41.2 Å². The second kappa shape index (κ2) is 21.6. The number of phenols is 1. The van der Waals surface area contributed by atoms with Crippen LogP contribution >= 0.6 is 0 Å². The average molecular weight is 851 g/mol. The lowest BCUT2D eigenvalue weighted by Crippen LogP contribution is -2.56. The van der Waals surface area contributed by atoms with E-state index in [0.29, 0.717) is 37.3 Å². The second-order valence-corrected chi connectivity index (χ2v) is 16.9. The zero-order valence-corrected chi connectivity index (χ0v) is 35.6. The molecule has 0 saturated carbocycles. The normalized spacial score (nSPS) is 18.6. The summed E-state index contributed by atoms with van der Waals surface area (Å²) in [5.74, 6) is -1.72. The quantitative estimate of drug-likeness (QED) is 0.0493. The number of rotatable bonds is 19. The molecule has 3 aromatic rings. The van der Waals surface area contributed by atoms with Gasteiger partial charge in [-0.1, -0.05) is 54.6 Å². The molecule has 0 spiro atoms. The molecular formula is C46H62N10O6. The van der Waals surface area contributed by atoms with Crippen LogP contribution in [0.25, 0.3) is 0 Å². The summed E-state index contributed by atoms with van der Waals surface area (Å²) in [6.07, 6.45) is 5.47. The summed E-state index contributed by atoms with van der Waals surface area (Å²) >= 11 is 0. The SMILES string of the molecule is Cc1cc(O)cc2c1C[C@@H](C(=O)NC(CCCN=C(N)N)C(=O)NC1Cc3ccccc3CN(CCC(=O)N[C@@H](CCCN3CCC(Cc4ccccc4)CC3)C(N)=O)C1=O)N2. The number of hydrogen-bond donors (Lipinski definition) is 8. The topological polar surface area (TPSA) is 251 Å². The molecule has 6 rings (SSSR count). The molecule has 0 bridgehead atoms. The number of nitrogens with zero attached hydrogens (tertiary/aromatic N) is 3. The zero-order chi connectivity index (χ0) is 44.2. The fraction of sp³-hybridized carbons (Fsp3) is 0.478. The van der Waals surface area contributed by atoms with E-state index in [9.17, 15) is 29.1 Å². The molecule has 62 heavy (non-hydrogen) atoms. The van der Waals surface area contributed by atoms with Gasteiger partial charge in [-0.3, -0.25) is 29.0 Å². The van der Waals surface area contributed by atoms with Gasteiger partial charge < -0.3 is 53.4 Å². The predicted octanol–water partition coefficient (Wildman–Crippen LogP) is 1.74. The molecular weight excluding hydrogens is 789 g/mol. The first-order valence-electron chi connectivity index (χ1n) is 21.8. The standard InChI is InChI=1S/C46H62N10O6/c1-29-23-34(57)26-38-35(29)27-39(51-38)44(61)53-37(13-7-18-50-46(48)49)43(60)54-40-25-32-11-5-6-12-33(32)28-56(45(40)62)22-17-41(58)52-36(42(47)59)14-8-19-55-20-15-31(16-21-55)24-30-9-3-2-4-10-30/h2-6,9-12,23,26,31,36-37,39-40,51,57H,7-8,13-22,24-25,27-28H2,1H3,(H2,47,59)(H,52,58)(H,53,61)(H,54,60)(H4,48,49,50)/t36-,37?,39-,40?/m0/s1. The number of hydrogen-bond acceptors (Lipinski definition) is 9. The lowest BCUT2D eigenvalue weighted by Gasteiger charge is -2.32. The molecule has 0 aromatic heterocycles. The first-order chi connectivity index (χ1) is 29.8. The molecule has 3 aromatic carbocycles. The molecule has 332 valence electrons. The number of benzene rings is 3. The molecule has 16 nitrogen and oxygen atoms in total. The Kier molecular flexibility index (Phi) is 15.8. The van der Waals surface area contributed by atoms with Crippen LogP contribution in [0.1, 0.15) is 72.8 Å². The number of nitrogens with two attached hydrogens (primary N) is 3. The number of fused-ring (bicyclic) bond motifs is 2. The highest BCUT2D eigenvalue weighted by Crippen LogP contribution is 2.33. The van der Waals surface area contributed by atoms with Crippen molar-refractivity contribution in [3.63, 3.8) is 0 Å². The molecule has 4 atom stereocenters. The third-order valence-corrected chi connectivity index (χ3v) is 12.2. The number of nitrogens with one attached hydrogen (secondary N) is 4. The molecule has 1 fully saturated rings. The van der Waals surface area contributed by atoms with Crippen LogP contribution in [0.3, 0.4) is 0 Å². The lowest BCUT2D eigenvalue weighted by molar-refractivity contribution is -0.138. The smallest absolute Gasteiger partial charge is 0.245 e. The highest BCUT2D eigenvalue weighted by atomic mass is 16.3. The van der Waals surface area contributed by atoms with Crippen LogP contribution < -0.4 is 38.5 Å². The van der Waals surface area contributed by atoms with E-state index in [1.165, 1.54) is 5.56 Å². The van der Waals surface area contributed by atoms with Crippen LogP contribution in [0, 0.1) is 12.8 Å². The van der Waals surface area contributed by atoms with E-state index in [2.05, 4.69) is 55.4 Å². The number of aryl methyl sites for hydroxylation is 1. The van der Waals surface area contributed by atoms with E-state index in [1.807, 2.05) is 37.3 Å². The zero-order valence-electron chi connectivity index (χ0n) is 35.6. The second-order valence-electron chi connectivity index (χ2n) is 16.9. The fourth-order valence-corrected chi connectivity index (χ4v) is 8.81. The number of primary amides is 1. The summed E-state index contributed by atoms with van der Waals surface area (Å²) in [5.41, 5.74) is 22.3. The Balaban J connectivity index is 1.03. The lowest BCUT2D eigenvalue weighted by atomic mass is 9.90. The number of phenolic OH excluding ortho intramolecular Hbond substituents is 1. The number of piperidine rings is 1. The Morgan fingerprint density at radius 1 is 0.887 bits per heavy atom. The highest BCUT2D eigenvalue weighted by Gasteiger charge is 2.35. The summed E-state index contributed by atoms with van der Waals surface area (Å²) in [7, 11) is 0. The molecule has 0 aliphatic carbocycles. The number of anilines is 1.